The molecule has 0 spiro atoms. The van der Waals surface area contributed by atoms with E-state index in [-0.39, 0.29) is 11.9 Å². The molecule has 1 aliphatic carbocycles. The molecule has 1 atom stereocenters. The third kappa shape index (κ3) is 3.37. The molecule has 1 aromatic heterocycles. The summed E-state index contributed by atoms with van der Waals surface area (Å²) >= 11 is 0. The van der Waals surface area contributed by atoms with Crippen LogP contribution < -0.4 is 0 Å². The first kappa shape index (κ1) is 16.9. The van der Waals surface area contributed by atoms with Gasteiger partial charge in [-0.3, -0.25) is 4.90 Å². The number of fused-ring (bicyclic) bond motifs is 1. The van der Waals surface area contributed by atoms with Gasteiger partial charge in [-0.15, -0.1) is 0 Å². The van der Waals surface area contributed by atoms with E-state index in [1.807, 2.05) is 24.0 Å². The Morgan fingerprint density at radius 3 is 2.93 bits per heavy atom. The topological polar surface area (TPSA) is 30.3 Å². The number of hydrogen-bond acceptors (Lipinski definition) is 3. The summed E-state index contributed by atoms with van der Waals surface area (Å²) < 4.78 is 22.1. The van der Waals surface area contributed by atoms with Crippen molar-refractivity contribution in [2.45, 2.75) is 31.4 Å². The van der Waals surface area contributed by atoms with E-state index in [0.717, 1.165) is 49.1 Å². The minimum Gasteiger partial charge on any atom is -0.371 e. The Morgan fingerprint density at radius 2 is 2.07 bits per heavy atom. The van der Waals surface area contributed by atoms with Crippen molar-refractivity contribution in [2.24, 2.45) is 7.05 Å². The zero-order chi connectivity index (χ0) is 18.4. The van der Waals surface area contributed by atoms with E-state index in [1.165, 1.54) is 11.1 Å². The lowest BCUT2D eigenvalue weighted by atomic mass is 10.0. The smallest absolute Gasteiger partial charge is 0.126 e. The molecule has 2 fully saturated rings. The van der Waals surface area contributed by atoms with Crippen molar-refractivity contribution in [2.75, 3.05) is 19.7 Å². The number of imidazole rings is 1. The number of aryl methyl sites for hydroxylation is 1. The molecular formula is C22H24FN3O. The summed E-state index contributed by atoms with van der Waals surface area (Å²) in [6.45, 7) is 3.30. The van der Waals surface area contributed by atoms with Crippen LogP contribution in [0.5, 0.6) is 0 Å². The number of rotatable bonds is 4. The summed E-state index contributed by atoms with van der Waals surface area (Å²) in [5, 5.41) is 0. The minimum atomic E-state index is -0.0504. The molecule has 1 saturated heterocycles. The molecule has 0 amide bonds. The van der Waals surface area contributed by atoms with Gasteiger partial charge in [-0.25, -0.2) is 9.37 Å². The number of ether oxygens (including phenoxy) is 1. The second-order valence-corrected chi connectivity index (χ2v) is 7.83. The van der Waals surface area contributed by atoms with E-state index >= 15 is 0 Å². The van der Waals surface area contributed by atoms with Crippen molar-refractivity contribution in [1.82, 2.24) is 14.5 Å². The zero-order valence-electron chi connectivity index (χ0n) is 15.6. The SMILES string of the molecule is Cn1cnc2ccc([C@@H]3CN(Cc4ccc(F)c(C5CC5)c4)CCO3)cc21. The zero-order valence-corrected chi connectivity index (χ0v) is 15.6. The molecule has 1 aliphatic heterocycles. The number of aromatic nitrogens is 2. The molecule has 0 N–H and O–H groups in total. The van der Waals surface area contributed by atoms with Crippen LogP contribution in [0.3, 0.4) is 0 Å². The molecule has 1 saturated carbocycles. The Morgan fingerprint density at radius 1 is 1.19 bits per heavy atom. The second-order valence-electron chi connectivity index (χ2n) is 7.83. The Hall–Kier alpha value is -2.24. The molecule has 5 rings (SSSR count). The van der Waals surface area contributed by atoms with Gasteiger partial charge in [0.25, 0.3) is 0 Å². The van der Waals surface area contributed by atoms with Gasteiger partial charge in [-0.05, 0) is 53.6 Å². The van der Waals surface area contributed by atoms with Crippen LogP contribution in [0.2, 0.25) is 0 Å². The van der Waals surface area contributed by atoms with Crippen LogP contribution in [-0.4, -0.2) is 34.1 Å². The fourth-order valence-electron chi connectivity index (χ4n) is 4.05. The molecule has 0 unspecified atom stereocenters. The van der Waals surface area contributed by atoms with Gasteiger partial charge in [0, 0.05) is 26.7 Å². The van der Waals surface area contributed by atoms with E-state index in [9.17, 15) is 4.39 Å². The molecule has 2 aliphatic rings. The lowest BCUT2D eigenvalue weighted by Crippen LogP contribution is -2.37. The first-order chi connectivity index (χ1) is 13.2. The van der Waals surface area contributed by atoms with Gasteiger partial charge >= 0.3 is 0 Å². The standard InChI is InChI=1S/C22H24FN3O/c1-25-14-24-20-7-5-17(11-21(20)25)22-13-26(8-9-27-22)12-15-2-6-19(23)18(10-15)16-3-4-16/h2,5-7,10-11,14,16,22H,3-4,8-9,12-13H2,1H3/t22-/m0/s1. The largest absolute Gasteiger partial charge is 0.371 e. The van der Waals surface area contributed by atoms with Gasteiger partial charge < -0.3 is 9.30 Å². The molecule has 2 heterocycles. The monoisotopic (exact) mass is 365 g/mol. The highest BCUT2D eigenvalue weighted by Gasteiger charge is 2.27. The van der Waals surface area contributed by atoms with Crippen LogP contribution in [0.25, 0.3) is 11.0 Å². The molecule has 2 aromatic carbocycles. The van der Waals surface area contributed by atoms with E-state index in [2.05, 4.69) is 34.1 Å². The highest BCUT2D eigenvalue weighted by atomic mass is 19.1. The van der Waals surface area contributed by atoms with Crippen LogP contribution >= 0.6 is 0 Å². The number of morpholine rings is 1. The Labute approximate surface area is 158 Å². The quantitative estimate of drug-likeness (QED) is 0.695. The van der Waals surface area contributed by atoms with E-state index in [4.69, 9.17) is 4.74 Å². The summed E-state index contributed by atoms with van der Waals surface area (Å²) in [7, 11) is 2.01. The molecule has 27 heavy (non-hydrogen) atoms. The van der Waals surface area contributed by atoms with Crippen LogP contribution in [0, 0.1) is 5.82 Å². The Balaban J connectivity index is 1.33. The molecule has 0 radical (unpaired) electrons. The van der Waals surface area contributed by atoms with E-state index < -0.39 is 0 Å². The normalized spacial score (nSPS) is 21.0. The highest BCUT2D eigenvalue weighted by Crippen LogP contribution is 2.41. The van der Waals surface area contributed by atoms with Crippen molar-refractivity contribution in [3.05, 3.63) is 65.2 Å². The molecule has 0 bridgehead atoms. The van der Waals surface area contributed by atoms with Crippen LogP contribution in [0.1, 0.15) is 41.6 Å². The first-order valence-corrected chi connectivity index (χ1v) is 9.70. The van der Waals surface area contributed by atoms with E-state index in [0.29, 0.717) is 12.5 Å². The maximum absolute atomic E-state index is 14.0. The summed E-state index contributed by atoms with van der Waals surface area (Å²) in [5.41, 5.74) is 5.42. The van der Waals surface area contributed by atoms with Crippen molar-refractivity contribution in [3.63, 3.8) is 0 Å². The number of hydrogen-bond donors (Lipinski definition) is 0. The van der Waals surface area contributed by atoms with Crippen LogP contribution in [0.15, 0.2) is 42.7 Å². The lowest BCUT2D eigenvalue weighted by Gasteiger charge is -2.33. The fourth-order valence-corrected chi connectivity index (χ4v) is 4.05. The maximum atomic E-state index is 14.0. The summed E-state index contributed by atoms with van der Waals surface area (Å²) in [5.74, 6) is 0.388. The molecule has 5 heteroatoms. The van der Waals surface area contributed by atoms with Crippen LogP contribution in [-0.2, 0) is 18.3 Å². The molecular weight excluding hydrogens is 341 g/mol. The van der Waals surface area contributed by atoms with Crippen molar-refractivity contribution in [1.29, 1.82) is 0 Å². The predicted octanol–water partition coefficient (Wildman–Crippen LogP) is 4.16. The number of benzene rings is 2. The molecule has 4 nitrogen and oxygen atoms in total. The first-order valence-electron chi connectivity index (χ1n) is 9.70. The van der Waals surface area contributed by atoms with Crippen molar-refractivity contribution < 1.29 is 9.13 Å². The maximum Gasteiger partial charge on any atom is 0.126 e. The average molecular weight is 365 g/mol. The number of nitrogens with zero attached hydrogens (tertiary/aromatic N) is 3. The Kier molecular flexibility index (Phi) is 4.21. The van der Waals surface area contributed by atoms with Gasteiger partial charge in [-0.1, -0.05) is 18.2 Å². The second kappa shape index (κ2) is 6.73. The van der Waals surface area contributed by atoms with Gasteiger partial charge in [0.1, 0.15) is 5.82 Å². The van der Waals surface area contributed by atoms with Gasteiger partial charge in [0.05, 0.1) is 30.1 Å². The molecule has 140 valence electrons. The van der Waals surface area contributed by atoms with Gasteiger partial charge in [0.2, 0.25) is 0 Å². The third-order valence-corrected chi connectivity index (χ3v) is 5.76. The number of halogens is 1. The summed E-state index contributed by atoms with van der Waals surface area (Å²) in [4.78, 5) is 6.80. The van der Waals surface area contributed by atoms with Crippen molar-refractivity contribution in [3.8, 4) is 0 Å². The lowest BCUT2D eigenvalue weighted by molar-refractivity contribution is -0.0328. The van der Waals surface area contributed by atoms with Crippen LogP contribution in [0.4, 0.5) is 4.39 Å². The van der Waals surface area contributed by atoms with Gasteiger partial charge in [0.15, 0.2) is 0 Å². The average Bonchev–Trinajstić information content (AvgIpc) is 3.47. The third-order valence-electron chi connectivity index (χ3n) is 5.76. The highest BCUT2D eigenvalue weighted by molar-refractivity contribution is 5.76. The van der Waals surface area contributed by atoms with E-state index in [1.54, 1.807) is 6.07 Å². The van der Waals surface area contributed by atoms with Crippen molar-refractivity contribution >= 4 is 11.0 Å². The summed E-state index contributed by atoms with van der Waals surface area (Å²) in [6.07, 6.45) is 4.14. The fraction of sp³-hybridized carbons (Fsp3) is 0.409. The predicted molar refractivity (Wildman–Crippen MR) is 103 cm³/mol. The Bertz CT molecular complexity index is 979. The summed E-state index contributed by atoms with van der Waals surface area (Å²) in [6, 6.07) is 12.0. The molecule has 3 aromatic rings. The minimum absolute atomic E-state index is 0.0504. The van der Waals surface area contributed by atoms with Gasteiger partial charge in [-0.2, -0.15) is 0 Å².